The average molecular weight is 428 g/mol. The average Bonchev–Trinajstić information content (AvgIpc) is 2.71. The van der Waals surface area contributed by atoms with Crippen LogP contribution in [0.3, 0.4) is 0 Å². The highest BCUT2D eigenvalue weighted by atomic mass is 16.6. The van der Waals surface area contributed by atoms with Crippen molar-refractivity contribution in [1.82, 2.24) is 10.6 Å². The number of nitrogens with one attached hydrogen (secondary N) is 2. The maximum Gasteiger partial charge on any atom is 0.407 e. The monoisotopic (exact) mass is 428 g/mol. The molecule has 2 rings (SSSR count). The van der Waals surface area contributed by atoms with Crippen molar-refractivity contribution in [3.05, 3.63) is 71.3 Å². The van der Waals surface area contributed by atoms with Crippen LogP contribution in [-0.2, 0) is 16.1 Å². The molecule has 0 heterocycles. The van der Waals surface area contributed by atoms with Crippen molar-refractivity contribution >= 4 is 18.2 Å². The number of amides is 2. The van der Waals surface area contributed by atoms with Gasteiger partial charge in [0.05, 0.1) is 11.6 Å². The van der Waals surface area contributed by atoms with Crippen LogP contribution in [0.2, 0.25) is 0 Å². The number of carbonyl (C=O) groups excluding carboxylic acids is 2. The number of benzene rings is 2. The van der Waals surface area contributed by atoms with E-state index in [4.69, 9.17) is 9.47 Å². The summed E-state index contributed by atoms with van der Waals surface area (Å²) in [5.41, 5.74) is 0.900. The zero-order chi connectivity index (χ0) is 22.9. The van der Waals surface area contributed by atoms with Crippen LogP contribution >= 0.6 is 0 Å². The Labute approximate surface area is 181 Å². The summed E-state index contributed by atoms with van der Waals surface area (Å²) < 4.78 is 10.5. The van der Waals surface area contributed by atoms with Gasteiger partial charge in [0, 0.05) is 6.54 Å². The first kappa shape index (κ1) is 23.7. The third-order valence-corrected chi connectivity index (χ3v) is 4.14. The minimum absolute atomic E-state index is 0.0991. The first-order valence-corrected chi connectivity index (χ1v) is 9.91. The van der Waals surface area contributed by atoms with Crippen LogP contribution in [0.15, 0.2) is 54.6 Å². The fourth-order valence-electron chi connectivity index (χ4n) is 2.75. The van der Waals surface area contributed by atoms with E-state index in [9.17, 15) is 19.5 Å². The molecule has 3 N–H and O–H groups in total. The molecule has 0 aliphatic heterocycles. The Bertz CT molecular complexity index is 892. The minimum Gasteiger partial charge on any atom is -0.478 e. The Hall–Kier alpha value is -3.55. The third-order valence-electron chi connectivity index (χ3n) is 4.14. The second-order valence-electron chi connectivity index (χ2n) is 7.91. The molecule has 1 atom stereocenters. The molecule has 8 heteroatoms. The number of hydrogen-bond acceptors (Lipinski definition) is 5. The van der Waals surface area contributed by atoms with Gasteiger partial charge < -0.3 is 25.2 Å². The number of alkyl carbamates (subject to hydrolysis) is 2. The Kier molecular flexibility index (Phi) is 8.43. The van der Waals surface area contributed by atoms with Crippen molar-refractivity contribution in [2.24, 2.45) is 0 Å². The van der Waals surface area contributed by atoms with E-state index in [1.807, 2.05) is 30.3 Å². The van der Waals surface area contributed by atoms with Crippen LogP contribution in [0.4, 0.5) is 9.59 Å². The lowest BCUT2D eigenvalue weighted by Gasteiger charge is -2.22. The van der Waals surface area contributed by atoms with Crippen LogP contribution in [-0.4, -0.2) is 35.4 Å². The van der Waals surface area contributed by atoms with Crippen LogP contribution < -0.4 is 10.6 Å². The van der Waals surface area contributed by atoms with E-state index in [0.717, 1.165) is 5.56 Å². The molecule has 166 valence electrons. The first-order valence-electron chi connectivity index (χ1n) is 9.91. The van der Waals surface area contributed by atoms with E-state index < -0.39 is 29.8 Å². The molecule has 0 spiro atoms. The highest BCUT2D eigenvalue weighted by Gasteiger charge is 2.19. The van der Waals surface area contributed by atoms with Gasteiger partial charge in [0.15, 0.2) is 0 Å². The molecule has 0 radical (unpaired) electrons. The quantitative estimate of drug-likeness (QED) is 0.579. The van der Waals surface area contributed by atoms with Gasteiger partial charge in [0.2, 0.25) is 0 Å². The van der Waals surface area contributed by atoms with Gasteiger partial charge >= 0.3 is 18.2 Å². The molecule has 0 bridgehead atoms. The van der Waals surface area contributed by atoms with E-state index in [2.05, 4.69) is 10.6 Å². The van der Waals surface area contributed by atoms with Crippen molar-refractivity contribution in [2.45, 2.75) is 45.4 Å². The molecule has 0 saturated carbocycles. The van der Waals surface area contributed by atoms with E-state index in [1.165, 1.54) is 12.1 Å². The van der Waals surface area contributed by atoms with Crippen LogP contribution in [0.25, 0.3) is 0 Å². The van der Waals surface area contributed by atoms with Gasteiger partial charge in [-0.2, -0.15) is 0 Å². The maximum atomic E-state index is 12.3. The number of carboxylic acid groups (broad SMARTS) is 1. The summed E-state index contributed by atoms with van der Waals surface area (Å²) in [7, 11) is 0. The molecule has 2 aromatic carbocycles. The summed E-state index contributed by atoms with van der Waals surface area (Å²) in [6.07, 6.45) is -0.910. The topological polar surface area (TPSA) is 114 Å². The normalized spacial score (nSPS) is 11.8. The smallest absolute Gasteiger partial charge is 0.407 e. The largest absolute Gasteiger partial charge is 0.478 e. The molecule has 0 aliphatic carbocycles. The lowest BCUT2D eigenvalue weighted by Crippen LogP contribution is -2.36. The first-order chi connectivity index (χ1) is 14.6. The van der Waals surface area contributed by atoms with Gasteiger partial charge in [-0.3, -0.25) is 0 Å². The van der Waals surface area contributed by atoms with Crippen molar-refractivity contribution < 1.29 is 29.0 Å². The summed E-state index contributed by atoms with van der Waals surface area (Å²) in [5, 5.41) is 14.6. The number of carbonyl (C=O) groups is 3. The summed E-state index contributed by atoms with van der Waals surface area (Å²) in [5.74, 6) is -1.07. The number of carboxylic acids is 1. The molecule has 0 fully saturated rings. The fourth-order valence-corrected chi connectivity index (χ4v) is 2.75. The molecule has 0 aromatic heterocycles. The van der Waals surface area contributed by atoms with Crippen LogP contribution in [0.1, 0.15) is 54.7 Å². The highest BCUT2D eigenvalue weighted by Crippen LogP contribution is 2.19. The van der Waals surface area contributed by atoms with Crippen molar-refractivity contribution in [1.29, 1.82) is 0 Å². The fraction of sp³-hybridized carbons (Fsp3) is 0.348. The van der Waals surface area contributed by atoms with Crippen LogP contribution in [0, 0.1) is 0 Å². The third kappa shape index (κ3) is 8.77. The Morgan fingerprint density at radius 1 is 1.00 bits per heavy atom. The van der Waals surface area contributed by atoms with E-state index in [0.29, 0.717) is 12.0 Å². The van der Waals surface area contributed by atoms with Crippen LogP contribution in [0.5, 0.6) is 0 Å². The zero-order valence-electron chi connectivity index (χ0n) is 17.9. The molecule has 31 heavy (non-hydrogen) atoms. The summed E-state index contributed by atoms with van der Waals surface area (Å²) >= 11 is 0. The van der Waals surface area contributed by atoms with Gasteiger partial charge in [0.1, 0.15) is 12.2 Å². The summed E-state index contributed by atoms with van der Waals surface area (Å²) in [6, 6.07) is 14.9. The molecule has 2 amide bonds. The molecule has 0 aliphatic rings. The predicted molar refractivity (Wildman–Crippen MR) is 115 cm³/mol. The molecule has 8 nitrogen and oxygen atoms in total. The minimum atomic E-state index is -1.07. The predicted octanol–water partition coefficient (Wildman–Crippen LogP) is 4.27. The van der Waals surface area contributed by atoms with Gasteiger partial charge in [0.25, 0.3) is 0 Å². The molecular weight excluding hydrogens is 400 g/mol. The second-order valence-corrected chi connectivity index (χ2v) is 7.91. The number of hydrogen-bond donors (Lipinski definition) is 3. The molecule has 2 aromatic rings. The van der Waals surface area contributed by atoms with Gasteiger partial charge in [-0.25, -0.2) is 14.4 Å². The zero-order valence-corrected chi connectivity index (χ0v) is 17.9. The Morgan fingerprint density at radius 3 is 2.35 bits per heavy atom. The Morgan fingerprint density at radius 2 is 1.71 bits per heavy atom. The highest BCUT2D eigenvalue weighted by molar-refractivity contribution is 5.87. The number of ether oxygens (including phenoxy) is 2. The van der Waals surface area contributed by atoms with E-state index in [-0.39, 0.29) is 18.7 Å². The van der Waals surface area contributed by atoms with E-state index >= 15 is 0 Å². The maximum absolute atomic E-state index is 12.3. The van der Waals surface area contributed by atoms with E-state index in [1.54, 1.807) is 32.9 Å². The second kappa shape index (κ2) is 11.0. The number of aromatic carboxylic acids is 1. The lowest BCUT2D eigenvalue weighted by molar-refractivity contribution is 0.0525. The van der Waals surface area contributed by atoms with Gasteiger partial charge in [-0.15, -0.1) is 0 Å². The van der Waals surface area contributed by atoms with Crippen molar-refractivity contribution in [3.8, 4) is 0 Å². The summed E-state index contributed by atoms with van der Waals surface area (Å²) in [4.78, 5) is 35.5. The molecule has 0 unspecified atom stereocenters. The molecule has 0 saturated heterocycles. The standard InChI is InChI=1S/C23H28N2O6/c1-23(2,3)31-21(28)24-13-12-19(17-10-7-11-18(14-17)20(26)27)25-22(29)30-15-16-8-5-4-6-9-16/h4-11,14,19H,12-13,15H2,1-3H3,(H,24,28)(H,25,29)(H,26,27)/t19-/m1/s1. The summed E-state index contributed by atoms with van der Waals surface area (Å²) in [6.45, 7) is 5.59. The van der Waals surface area contributed by atoms with Gasteiger partial charge in [-0.1, -0.05) is 42.5 Å². The lowest BCUT2D eigenvalue weighted by atomic mass is 10.0. The number of rotatable bonds is 8. The molecular formula is C23H28N2O6. The van der Waals surface area contributed by atoms with Gasteiger partial charge in [-0.05, 0) is 50.5 Å². The van der Waals surface area contributed by atoms with Crippen molar-refractivity contribution in [2.75, 3.05) is 6.54 Å². The Balaban J connectivity index is 2.03. The SMILES string of the molecule is CC(C)(C)OC(=O)NCC[C@@H](NC(=O)OCc1ccccc1)c1cccc(C(=O)O)c1. The van der Waals surface area contributed by atoms with Crippen molar-refractivity contribution in [3.63, 3.8) is 0 Å².